The molecule has 1 N–H and O–H groups in total. The Balaban J connectivity index is 2.25. The fourth-order valence-electron chi connectivity index (χ4n) is 1.67. The zero-order valence-corrected chi connectivity index (χ0v) is 11.0. The molecule has 0 radical (unpaired) electrons. The first-order valence-corrected chi connectivity index (χ1v) is 6.07. The molecule has 4 nitrogen and oxygen atoms in total. The van der Waals surface area contributed by atoms with E-state index in [4.69, 9.17) is 0 Å². The fourth-order valence-corrected chi connectivity index (χ4v) is 1.67. The van der Waals surface area contributed by atoms with Crippen molar-refractivity contribution in [2.45, 2.75) is 19.9 Å². The SMILES string of the molecule is CCC(=O)Nc1ccn(Cc2c(F)c(F)cc(F)c2F)n1. The van der Waals surface area contributed by atoms with Crippen molar-refractivity contribution in [2.24, 2.45) is 0 Å². The summed E-state index contributed by atoms with van der Waals surface area (Å²) in [6.07, 6.45) is 1.57. The molecule has 0 aliphatic rings. The highest BCUT2D eigenvalue weighted by Gasteiger charge is 2.19. The van der Waals surface area contributed by atoms with Crippen LogP contribution in [0.2, 0.25) is 0 Å². The third-order valence-electron chi connectivity index (χ3n) is 2.75. The number of nitrogens with zero attached hydrogens (tertiary/aromatic N) is 2. The lowest BCUT2D eigenvalue weighted by molar-refractivity contribution is -0.115. The highest BCUT2D eigenvalue weighted by Crippen LogP contribution is 2.20. The lowest BCUT2D eigenvalue weighted by Gasteiger charge is -2.07. The van der Waals surface area contributed by atoms with E-state index in [0.717, 1.165) is 4.68 Å². The van der Waals surface area contributed by atoms with Crippen molar-refractivity contribution >= 4 is 11.7 Å². The molecule has 1 aromatic heterocycles. The molecule has 0 spiro atoms. The summed E-state index contributed by atoms with van der Waals surface area (Å²) in [5.41, 5.74) is -0.774. The number of benzene rings is 1. The van der Waals surface area contributed by atoms with Crippen LogP contribution in [0.25, 0.3) is 0 Å². The Hall–Kier alpha value is -2.38. The van der Waals surface area contributed by atoms with Crippen LogP contribution in [-0.4, -0.2) is 15.7 Å². The third-order valence-corrected chi connectivity index (χ3v) is 2.75. The normalized spacial score (nSPS) is 10.7. The van der Waals surface area contributed by atoms with Gasteiger partial charge in [0.1, 0.15) is 0 Å². The zero-order valence-electron chi connectivity index (χ0n) is 11.0. The highest BCUT2D eigenvalue weighted by molar-refractivity contribution is 5.89. The molecule has 0 unspecified atom stereocenters. The molecule has 2 rings (SSSR count). The maximum absolute atomic E-state index is 13.5. The Kier molecular flexibility index (Phi) is 4.25. The number of halogens is 4. The lowest BCUT2D eigenvalue weighted by atomic mass is 10.2. The Morgan fingerprint density at radius 1 is 1.24 bits per heavy atom. The summed E-state index contributed by atoms with van der Waals surface area (Å²) in [4.78, 5) is 11.2. The van der Waals surface area contributed by atoms with Crippen LogP contribution >= 0.6 is 0 Å². The summed E-state index contributed by atoms with van der Waals surface area (Å²) in [7, 11) is 0. The molecule has 1 heterocycles. The summed E-state index contributed by atoms with van der Waals surface area (Å²) < 4.78 is 54.2. The molecule has 1 amide bonds. The van der Waals surface area contributed by atoms with E-state index >= 15 is 0 Å². The van der Waals surface area contributed by atoms with Crippen molar-refractivity contribution in [1.29, 1.82) is 0 Å². The molecule has 112 valence electrons. The minimum absolute atomic E-state index is 0.143. The van der Waals surface area contributed by atoms with Crippen LogP contribution in [0.5, 0.6) is 0 Å². The van der Waals surface area contributed by atoms with Crippen LogP contribution < -0.4 is 5.32 Å². The number of hydrogen-bond donors (Lipinski definition) is 1. The second-order valence-electron chi connectivity index (χ2n) is 4.25. The van der Waals surface area contributed by atoms with Gasteiger partial charge in [-0.1, -0.05) is 6.92 Å². The Bertz CT molecular complexity index is 658. The first kappa shape index (κ1) is 15.0. The van der Waals surface area contributed by atoms with E-state index < -0.39 is 35.4 Å². The van der Waals surface area contributed by atoms with Gasteiger partial charge in [0, 0.05) is 24.8 Å². The minimum atomic E-state index is -1.48. The van der Waals surface area contributed by atoms with Gasteiger partial charge in [-0.2, -0.15) is 5.10 Å². The van der Waals surface area contributed by atoms with E-state index in [1.165, 1.54) is 12.3 Å². The van der Waals surface area contributed by atoms with Gasteiger partial charge in [-0.3, -0.25) is 9.48 Å². The first-order chi connectivity index (χ1) is 9.92. The number of carbonyl (C=O) groups excluding carboxylic acids is 1. The number of nitrogens with one attached hydrogen (secondary N) is 1. The highest BCUT2D eigenvalue weighted by atomic mass is 19.2. The molecule has 0 atom stereocenters. The van der Waals surface area contributed by atoms with Gasteiger partial charge in [-0.25, -0.2) is 17.6 Å². The molecule has 8 heteroatoms. The second-order valence-corrected chi connectivity index (χ2v) is 4.25. The van der Waals surface area contributed by atoms with Crippen molar-refractivity contribution in [1.82, 2.24) is 9.78 Å². The van der Waals surface area contributed by atoms with Crippen molar-refractivity contribution in [3.05, 3.63) is 47.2 Å². The van der Waals surface area contributed by atoms with Crippen LogP contribution in [0.15, 0.2) is 18.3 Å². The smallest absolute Gasteiger partial charge is 0.225 e. The minimum Gasteiger partial charge on any atom is -0.309 e. The van der Waals surface area contributed by atoms with Gasteiger partial charge in [0.15, 0.2) is 29.1 Å². The maximum Gasteiger partial charge on any atom is 0.225 e. The first-order valence-electron chi connectivity index (χ1n) is 6.07. The predicted octanol–water partition coefficient (Wildman–Crippen LogP) is 2.84. The predicted molar refractivity (Wildman–Crippen MR) is 66.5 cm³/mol. The molecular formula is C13H11F4N3O. The van der Waals surface area contributed by atoms with Crippen molar-refractivity contribution < 1.29 is 22.4 Å². The summed E-state index contributed by atoms with van der Waals surface area (Å²) >= 11 is 0. The quantitative estimate of drug-likeness (QED) is 0.697. The number of anilines is 1. The maximum atomic E-state index is 13.5. The number of amides is 1. The number of aromatic nitrogens is 2. The second kappa shape index (κ2) is 5.94. The number of carbonyl (C=O) groups is 1. The topological polar surface area (TPSA) is 46.9 Å². The van der Waals surface area contributed by atoms with E-state index in [1.54, 1.807) is 6.92 Å². The van der Waals surface area contributed by atoms with E-state index in [0.29, 0.717) is 0 Å². The van der Waals surface area contributed by atoms with Crippen molar-refractivity contribution in [3.63, 3.8) is 0 Å². The van der Waals surface area contributed by atoms with Crippen LogP contribution in [0, 0.1) is 23.3 Å². The summed E-state index contributed by atoms with van der Waals surface area (Å²) in [6.45, 7) is 1.14. The molecule has 0 aliphatic carbocycles. The van der Waals surface area contributed by atoms with E-state index in [1.807, 2.05) is 0 Å². The van der Waals surface area contributed by atoms with Crippen LogP contribution in [0.3, 0.4) is 0 Å². The Morgan fingerprint density at radius 2 is 1.86 bits per heavy atom. The molecule has 0 fully saturated rings. The average molecular weight is 301 g/mol. The Morgan fingerprint density at radius 3 is 2.43 bits per heavy atom. The van der Waals surface area contributed by atoms with Gasteiger partial charge >= 0.3 is 0 Å². The third kappa shape index (κ3) is 3.21. The lowest BCUT2D eigenvalue weighted by Crippen LogP contribution is -2.12. The van der Waals surface area contributed by atoms with E-state index in [9.17, 15) is 22.4 Å². The van der Waals surface area contributed by atoms with Gasteiger partial charge in [0.2, 0.25) is 5.91 Å². The largest absolute Gasteiger partial charge is 0.309 e. The van der Waals surface area contributed by atoms with Gasteiger partial charge < -0.3 is 5.32 Å². The summed E-state index contributed by atoms with van der Waals surface area (Å²) in [5.74, 6) is -5.99. The molecule has 1 aromatic carbocycles. The number of hydrogen-bond acceptors (Lipinski definition) is 2. The van der Waals surface area contributed by atoms with Crippen molar-refractivity contribution in [3.8, 4) is 0 Å². The van der Waals surface area contributed by atoms with Crippen LogP contribution in [-0.2, 0) is 11.3 Å². The van der Waals surface area contributed by atoms with E-state index in [-0.39, 0.29) is 24.2 Å². The van der Waals surface area contributed by atoms with Gasteiger partial charge in [0.05, 0.1) is 12.1 Å². The van der Waals surface area contributed by atoms with Crippen LogP contribution in [0.4, 0.5) is 23.4 Å². The Labute approximate surface area is 117 Å². The molecule has 0 bridgehead atoms. The number of rotatable bonds is 4. The molecule has 0 aliphatic heterocycles. The molecule has 2 aromatic rings. The molecular weight excluding hydrogens is 290 g/mol. The van der Waals surface area contributed by atoms with Gasteiger partial charge in [0.25, 0.3) is 0 Å². The summed E-state index contributed by atoms with van der Waals surface area (Å²) in [6, 6.07) is 1.54. The molecule has 0 saturated heterocycles. The molecule has 0 saturated carbocycles. The van der Waals surface area contributed by atoms with E-state index in [2.05, 4.69) is 10.4 Å². The monoisotopic (exact) mass is 301 g/mol. The van der Waals surface area contributed by atoms with Crippen LogP contribution in [0.1, 0.15) is 18.9 Å². The summed E-state index contributed by atoms with van der Waals surface area (Å²) in [5, 5.41) is 6.28. The molecule has 21 heavy (non-hydrogen) atoms. The standard InChI is InChI=1S/C13H11F4N3O/c1-2-11(21)18-10-3-4-20(19-10)6-7-12(16)8(14)5-9(15)13(7)17/h3-5H,2,6H2,1H3,(H,18,19,21). The average Bonchev–Trinajstić information content (AvgIpc) is 2.88. The fraction of sp³-hybridized carbons (Fsp3) is 0.231. The van der Waals surface area contributed by atoms with Gasteiger partial charge in [-0.15, -0.1) is 0 Å². The zero-order chi connectivity index (χ0) is 15.6. The van der Waals surface area contributed by atoms with Gasteiger partial charge in [-0.05, 0) is 0 Å². The van der Waals surface area contributed by atoms with Crippen molar-refractivity contribution in [2.75, 3.05) is 5.32 Å².